The van der Waals surface area contributed by atoms with E-state index in [1.165, 1.54) is 11.8 Å². The topological polar surface area (TPSA) is 46.9 Å². The molecule has 0 aliphatic carbocycles. The van der Waals surface area contributed by atoms with Gasteiger partial charge in [-0.1, -0.05) is 29.3 Å². The summed E-state index contributed by atoms with van der Waals surface area (Å²) in [7, 11) is 1.84. The highest BCUT2D eigenvalue weighted by molar-refractivity contribution is 8.00. The second-order valence-electron chi connectivity index (χ2n) is 4.56. The van der Waals surface area contributed by atoms with Gasteiger partial charge in [-0.15, -0.1) is 11.8 Å². The number of nitrogens with one attached hydrogen (secondary N) is 1. The number of aryl methyl sites for hydroxylation is 2. The number of halogens is 2. The molecule has 2 aromatic rings. The first-order chi connectivity index (χ1) is 9.90. The van der Waals surface area contributed by atoms with E-state index in [2.05, 4.69) is 10.4 Å². The summed E-state index contributed by atoms with van der Waals surface area (Å²) in [4.78, 5) is 12.8. The van der Waals surface area contributed by atoms with E-state index in [1.54, 1.807) is 22.9 Å². The molecular weight excluding hydrogens is 329 g/mol. The Balaban J connectivity index is 2.03. The van der Waals surface area contributed by atoms with Crippen molar-refractivity contribution in [2.45, 2.75) is 18.7 Å². The van der Waals surface area contributed by atoms with E-state index in [-0.39, 0.29) is 11.7 Å². The number of carbonyl (C=O) groups is 1. The van der Waals surface area contributed by atoms with Crippen molar-refractivity contribution >= 4 is 46.6 Å². The molecule has 0 spiro atoms. The molecule has 0 fully saturated rings. The highest BCUT2D eigenvalue weighted by Gasteiger charge is 2.14. The lowest BCUT2D eigenvalue weighted by molar-refractivity contribution is -0.113. The van der Waals surface area contributed by atoms with Gasteiger partial charge in [-0.05, 0) is 26.0 Å². The summed E-state index contributed by atoms with van der Waals surface area (Å²) >= 11 is 13.5. The SMILES string of the molecule is Cc1nn(C)c(C)c1NC(=O)CSc1c(Cl)cccc1Cl. The van der Waals surface area contributed by atoms with Crippen LogP contribution in [0, 0.1) is 13.8 Å². The largest absolute Gasteiger partial charge is 0.322 e. The molecule has 112 valence electrons. The number of rotatable bonds is 4. The average molecular weight is 344 g/mol. The molecule has 1 N–H and O–H groups in total. The number of nitrogens with zero attached hydrogens (tertiary/aromatic N) is 2. The van der Waals surface area contributed by atoms with Crippen LogP contribution in [0.1, 0.15) is 11.4 Å². The predicted octanol–water partition coefficient (Wildman–Crippen LogP) is 4.07. The summed E-state index contributed by atoms with van der Waals surface area (Å²) in [6, 6.07) is 5.28. The van der Waals surface area contributed by atoms with Crippen LogP contribution in [0.2, 0.25) is 10.0 Å². The van der Waals surface area contributed by atoms with Gasteiger partial charge in [0, 0.05) is 11.9 Å². The van der Waals surface area contributed by atoms with Crippen molar-refractivity contribution in [1.29, 1.82) is 0 Å². The monoisotopic (exact) mass is 343 g/mol. The van der Waals surface area contributed by atoms with E-state index in [4.69, 9.17) is 23.2 Å². The van der Waals surface area contributed by atoms with Gasteiger partial charge >= 0.3 is 0 Å². The van der Waals surface area contributed by atoms with Crippen molar-refractivity contribution in [3.63, 3.8) is 0 Å². The van der Waals surface area contributed by atoms with Crippen molar-refractivity contribution in [2.75, 3.05) is 11.1 Å². The number of thioether (sulfide) groups is 1. The van der Waals surface area contributed by atoms with Gasteiger partial charge in [-0.3, -0.25) is 9.48 Å². The Morgan fingerprint density at radius 3 is 2.48 bits per heavy atom. The maximum absolute atomic E-state index is 12.1. The summed E-state index contributed by atoms with van der Waals surface area (Å²) in [6.07, 6.45) is 0. The standard InChI is InChI=1S/C14H15Cl2N3OS/c1-8-13(9(2)19(3)18-8)17-12(20)7-21-14-10(15)5-4-6-11(14)16/h4-6H,7H2,1-3H3,(H,17,20). The first kappa shape index (κ1) is 16.2. The normalized spacial score (nSPS) is 10.7. The molecule has 0 radical (unpaired) electrons. The van der Waals surface area contributed by atoms with Crippen molar-refractivity contribution in [2.24, 2.45) is 7.05 Å². The molecule has 0 aliphatic rings. The molecule has 2 rings (SSSR count). The minimum atomic E-state index is -0.116. The molecule has 0 bridgehead atoms. The highest BCUT2D eigenvalue weighted by Crippen LogP contribution is 2.33. The van der Waals surface area contributed by atoms with E-state index < -0.39 is 0 Å². The highest BCUT2D eigenvalue weighted by atomic mass is 35.5. The Morgan fingerprint density at radius 1 is 1.33 bits per heavy atom. The lowest BCUT2D eigenvalue weighted by Crippen LogP contribution is -2.15. The quantitative estimate of drug-likeness (QED) is 0.851. The lowest BCUT2D eigenvalue weighted by Gasteiger charge is -2.08. The Hall–Kier alpha value is -1.17. The summed E-state index contributed by atoms with van der Waals surface area (Å²) in [5, 5.41) is 8.24. The maximum Gasteiger partial charge on any atom is 0.234 e. The Kier molecular flexibility index (Phi) is 5.19. The van der Waals surface area contributed by atoms with Crippen LogP contribution in [0.4, 0.5) is 5.69 Å². The van der Waals surface area contributed by atoms with Gasteiger partial charge in [0.25, 0.3) is 0 Å². The average Bonchev–Trinajstić information content (AvgIpc) is 2.65. The molecule has 4 nitrogen and oxygen atoms in total. The van der Waals surface area contributed by atoms with Crippen LogP contribution in [-0.4, -0.2) is 21.4 Å². The smallest absolute Gasteiger partial charge is 0.234 e. The fourth-order valence-corrected chi connectivity index (χ4v) is 3.37. The number of amides is 1. The number of hydrogen-bond donors (Lipinski definition) is 1. The van der Waals surface area contributed by atoms with E-state index in [0.717, 1.165) is 22.0 Å². The molecule has 1 heterocycles. The summed E-state index contributed by atoms with van der Waals surface area (Å²) in [5.41, 5.74) is 2.47. The molecule has 0 saturated carbocycles. The zero-order valence-corrected chi connectivity index (χ0v) is 14.2. The van der Waals surface area contributed by atoms with Crippen LogP contribution < -0.4 is 5.32 Å². The molecule has 7 heteroatoms. The fraction of sp³-hybridized carbons (Fsp3) is 0.286. The first-order valence-electron chi connectivity index (χ1n) is 6.27. The number of carbonyl (C=O) groups excluding carboxylic acids is 1. The van der Waals surface area contributed by atoms with Crippen molar-refractivity contribution in [1.82, 2.24) is 9.78 Å². The van der Waals surface area contributed by atoms with Crippen LogP contribution in [0.5, 0.6) is 0 Å². The van der Waals surface area contributed by atoms with Gasteiger partial charge in [0.15, 0.2) is 0 Å². The molecule has 0 unspecified atom stereocenters. The number of benzene rings is 1. The number of anilines is 1. The molecular formula is C14H15Cl2N3OS. The van der Waals surface area contributed by atoms with Gasteiger partial charge in [-0.2, -0.15) is 5.10 Å². The molecule has 0 saturated heterocycles. The van der Waals surface area contributed by atoms with Crippen molar-refractivity contribution in [3.05, 3.63) is 39.6 Å². The van der Waals surface area contributed by atoms with Crippen molar-refractivity contribution in [3.8, 4) is 0 Å². The van der Waals surface area contributed by atoms with Crippen LogP contribution in [-0.2, 0) is 11.8 Å². The Bertz CT molecular complexity index is 665. The third kappa shape index (κ3) is 3.73. The van der Waals surface area contributed by atoms with Crippen LogP contribution in [0.15, 0.2) is 23.1 Å². The van der Waals surface area contributed by atoms with Crippen LogP contribution in [0.25, 0.3) is 0 Å². The predicted molar refractivity (Wildman–Crippen MR) is 88.5 cm³/mol. The molecule has 1 amide bonds. The van der Waals surface area contributed by atoms with Gasteiger partial charge in [0.1, 0.15) is 0 Å². The summed E-state index contributed by atoms with van der Waals surface area (Å²) in [6.45, 7) is 3.77. The van der Waals surface area contributed by atoms with E-state index >= 15 is 0 Å². The zero-order valence-electron chi connectivity index (χ0n) is 11.9. The Morgan fingerprint density at radius 2 is 1.95 bits per heavy atom. The zero-order chi connectivity index (χ0) is 15.6. The Labute approximate surface area is 137 Å². The van der Waals surface area contributed by atoms with Gasteiger partial charge in [0.05, 0.1) is 32.9 Å². The molecule has 21 heavy (non-hydrogen) atoms. The lowest BCUT2D eigenvalue weighted by atomic mass is 10.3. The molecule has 0 aliphatic heterocycles. The van der Waals surface area contributed by atoms with Crippen LogP contribution in [0.3, 0.4) is 0 Å². The minimum absolute atomic E-state index is 0.116. The second kappa shape index (κ2) is 6.73. The summed E-state index contributed by atoms with van der Waals surface area (Å²) in [5.74, 6) is 0.118. The van der Waals surface area contributed by atoms with E-state index in [1.807, 2.05) is 20.9 Å². The maximum atomic E-state index is 12.1. The third-order valence-corrected chi connectivity index (χ3v) is 5.03. The molecule has 1 aromatic heterocycles. The molecule has 0 atom stereocenters. The van der Waals surface area contributed by atoms with Crippen LogP contribution >= 0.6 is 35.0 Å². The van der Waals surface area contributed by atoms with Gasteiger partial charge < -0.3 is 5.32 Å². The van der Waals surface area contributed by atoms with Gasteiger partial charge in [0.2, 0.25) is 5.91 Å². The number of aromatic nitrogens is 2. The van der Waals surface area contributed by atoms with E-state index in [9.17, 15) is 4.79 Å². The number of hydrogen-bond acceptors (Lipinski definition) is 3. The summed E-state index contributed by atoms with van der Waals surface area (Å²) < 4.78 is 1.74. The van der Waals surface area contributed by atoms with Crippen molar-refractivity contribution < 1.29 is 4.79 Å². The third-order valence-electron chi connectivity index (χ3n) is 3.04. The minimum Gasteiger partial charge on any atom is -0.322 e. The molecule has 1 aromatic carbocycles. The second-order valence-corrected chi connectivity index (χ2v) is 6.36. The van der Waals surface area contributed by atoms with Gasteiger partial charge in [-0.25, -0.2) is 0 Å². The first-order valence-corrected chi connectivity index (χ1v) is 8.01. The van der Waals surface area contributed by atoms with E-state index in [0.29, 0.717) is 10.0 Å². The fourth-order valence-electron chi connectivity index (χ4n) is 1.89.